The van der Waals surface area contributed by atoms with Gasteiger partial charge in [0.2, 0.25) is 0 Å². The predicted octanol–water partition coefficient (Wildman–Crippen LogP) is 1.76. The molecule has 0 fully saturated rings. The molecule has 1 aromatic rings. The summed E-state index contributed by atoms with van der Waals surface area (Å²) in [6, 6.07) is 1.89. The minimum absolute atomic E-state index is 0.366. The number of fused-ring (bicyclic) bond motifs is 1. The molecule has 0 bridgehead atoms. The van der Waals surface area contributed by atoms with Crippen LogP contribution in [-0.4, -0.2) is 23.6 Å². The Hall–Kier alpha value is -1.40. The molecule has 1 aromatic heterocycles. The van der Waals surface area contributed by atoms with Gasteiger partial charge in [-0.1, -0.05) is 6.42 Å². The summed E-state index contributed by atoms with van der Waals surface area (Å²) in [4.78, 5) is 28.4. The van der Waals surface area contributed by atoms with E-state index in [0.29, 0.717) is 4.88 Å². The van der Waals surface area contributed by atoms with Crippen molar-refractivity contribution in [2.45, 2.75) is 32.1 Å². The van der Waals surface area contributed by atoms with Crippen LogP contribution in [0.25, 0.3) is 0 Å². The maximum atomic E-state index is 11.7. The number of carbonyl (C=O) groups excluding carboxylic acids is 1. The van der Waals surface area contributed by atoms with Crippen molar-refractivity contribution < 1.29 is 19.5 Å². The van der Waals surface area contributed by atoms with Crippen molar-refractivity contribution in [1.82, 2.24) is 5.48 Å². The molecule has 0 aromatic carbocycles. The number of hydroxylamine groups is 1. The second-order valence-electron chi connectivity index (χ2n) is 4.23. The average Bonchev–Trinajstić information content (AvgIpc) is 2.60. The maximum Gasteiger partial charge on any atom is 0.332 e. The third-order valence-electron chi connectivity index (χ3n) is 2.83. The minimum atomic E-state index is -1.11. The standard InChI is InChI=1S/C12H15NO4S/c14-11(15)7-17-13-12(16)10-6-8-4-2-1-3-5-9(8)18-10/h6H,1-5,7H2,(H,13,16)(H,14,15). The van der Waals surface area contributed by atoms with Crippen molar-refractivity contribution in [3.8, 4) is 0 Å². The Kier molecular flexibility index (Phi) is 4.33. The summed E-state index contributed by atoms with van der Waals surface area (Å²) in [5, 5.41) is 8.39. The van der Waals surface area contributed by atoms with Crippen LogP contribution in [0.5, 0.6) is 0 Å². The SMILES string of the molecule is O=C(O)CONC(=O)c1cc2c(s1)CCCCC2. The molecule has 0 aliphatic heterocycles. The van der Waals surface area contributed by atoms with E-state index in [9.17, 15) is 9.59 Å². The highest BCUT2D eigenvalue weighted by molar-refractivity contribution is 7.14. The van der Waals surface area contributed by atoms with E-state index in [-0.39, 0.29) is 5.91 Å². The first-order chi connectivity index (χ1) is 8.66. The first-order valence-corrected chi connectivity index (χ1v) is 6.74. The minimum Gasteiger partial charge on any atom is -0.479 e. The monoisotopic (exact) mass is 269 g/mol. The molecule has 18 heavy (non-hydrogen) atoms. The lowest BCUT2D eigenvalue weighted by molar-refractivity contribution is -0.144. The molecule has 1 aliphatic rings. The molecule has 2 N–H and O–H groups in total. The van der Waals surface area contributed by atoms with Crippen molar-refractivity contribution in [3.05, 3.63) is 21.4 Å². The van der Waals surface area contributed by atoms with Crippen molar-refractivity contribution in [2.24, 2.45) is 0 Å². The van der Waals surface area contributed by atoms with Gasteiger partial charge in [0.15, 0.2) is 6.61 Å². The number of carbonyl (C=O) groups is 2. The number of hydrogen-bond acceptors (Lipinski definition) is 4. The summed E-state index contributed by atoms with van der Waals surface area (Å²) < 4.78 is 0. The molecule has 6 heteroatoms. The number of carboxylic acid groups (broad SMARTS) is 1. The van der Waals surface area contributed by atoms with Crippen molar-refractivity contribution in [3.63, 3.8) is 0 Å². The van der Waals surface area contributed by atoms with Gasteiger partial charge in [-0.05, 0) is 37.3 Å². The van der Waals surface area contributed by atoms with E-state index in [4.69, 9.17) is 5.11 Å². The summed E-state index contributed by atoms with van der Waals surface area (Å²) in [7, 11) is 0. The van der Waals surface area contributed by atoms with E-state index in [2.05, 4.69) is 10.3 Å². The second kappa shape index (κ2) is 5.97. The van der Waals surface area contributed by atoms with Gasteiger partial charge < -0.3 is 5.11 Å². The van der Waals surface area contributed by atoms with Crippen LogP contribution in [-0.2, 0) is 22.5 Å². The zero-order chi connectivity index (χ0) is 13.0. The van der Waals surface area contributed by atoms with Crippen molar-refractivity contribution in [1.29, 1.82) is 0 Å². The van der Waals surface area contributed by atoms with Gasteiger partial charge in [0, 0.05) is 4.88 Å². The van der Waals surface area contributed by atoms with Crippen LogP contribution in [0.3, 0.4) is 0 Å². The lowest BCUT2D eigenvalue weighted by Gasteiger charge is -2.01. The highest BCUT2D eigenvalue weighted by Crippen LogP contribution is 2.28. The third kappa shape index (κ3) is 3.30. The number of aliphatic carboxylic acids is 1. The van der Waals surface area contributed by atoms with Crippen LogP contribution < -0.4 is 5.48 Å². The van der Waals surface area contributed by atoms with E-state index in [1.54, 1.807) is 0 Å². The Morgan fingerprint density at radius 3 is 2.89 bits per heavy atom. The van der Waals surface area contributed by atoms with E-state index in [0.717, 1.165) is 12.8 Å². The second-order valence-corrected chi connectivity index (χ2v) is 5.37. The molecule has 0 radical (unpaired) electrons. The quantitative estimate of drug-likeness (QED) is 0.645. The van der Waals surface area contributed by atoms with Gasteiger partial charge in [-0.15, -0.1) is 11.3 Å². The normalized spacial score (nSPS) is 14.7. The zero-order valence-electron chi connectivity index (χ0n) is 9.90. The van der Waals surface area contributed by atoms with Gasteiger partial charge in [0.1, 0.15) is 0 Å². The topological polar surface area (TPSA) is 75.6 Å². The number of carboxylic acids is 1. The van der Waals surface area contributed by atoms with Gasteiger partial charge in [-0.3, -0.25) is 9.63 Å². The first-order valence-electron chi connectivity index (χ1n) is 5.92. The first kappa shape index (κ1) is 13.0. The number of thiophene rings is 1. The Bertz CT molecular complexity index is 431. The fraction of sp³-hybridized carbons (Fsp3) is 0.500. The van der Waals surface area contributed by atoms with Crippen LogP contribution in [0, 0.1) is 0 Å². The fourth-order valence-electron chi connectivity index (χ4n) is 1.99. The molecule has 0 saturated carbocycles. The Morgan fingerprint density at radius 1 is 1.33 bits per heavy atom. The number of amides is 1. The maximum absolute atomic E-state index is 11.7. The molecule has 1 aliphatic carbocycles. The lowest BCUT2D eigenvalue weighted by atomic mass is 10.1. The van der Waals surface area contributed by atoms with Crippen LogP contribution in [0.4, 0.5) is 0 Å². The number of rotatable bonds is 4. The summed E-state index contributed by atoms with van der Waals surface area (Å²) in [5.74, 6) is -1.48. The molecule has 1 heterocycles. The molecular weight excluding hydrogens is 254 g/mol. The Balaban J connectivity index is 1.96. The molecule has 0 atom stereocenters. The van der Waals surface area contributed by atoms with Crippen LogP contribution in [0.2, 0.25) is 0 Å². The summed E-state index contributed by atoms with van der Waals surface area (Å²) in [6.45, 7) is -0.531. The Labute approximate surface area is 109 Å². The molecule has 0 unspecified atom stereocenters. The number of hydrogen-bond donors (Lipinski definition) is 2. The van der Waals surface area contributed by atoms with E-state index in [1.807, 2.05) is 6.07 Å². The van der Waals surface area contributed by atoms with Gasteiger partial charge in [0.25, 0.3) is 5.91 Å². The van der Waals surface area contributed by atoms with Gasteiger partial charge >= 0.3 is 5.97 Å². The van der Waals surface area contributed by atoms with Crippen LogP contribution >= 0.6 is 11.3 Å². The number of aryl methyl sites for hydroxylation is 2. The van der Waals surface area contributed by atoms with Gasteiger partial charge in [-0.2, -0.15) is 0 Å². The Morgan fingerprint density at radius 2 is 2.11 bits per heavy atom. The van der Waals surface area contributed by atoms with E-state index >= 15 is 0 Å². The van der Waals surface area contributed by atoms with Crippen molar-refractivity contribution >= 4 is 23.2 Å². The molecule has 0 saturated heterocycles. The van der Waals surface area contributed by atoms with Gasteiger partial charge in [-0.25, -0.2) is 10.3 Å². The largest absolute Gasteiger partial charge is 0.479 e. The average molecular weight is 269 g/mol. The van der Waals surface area contributed by atoms with E-state index in [1.165, 1.54) is 41.0 Å². The molecule has 0 spiro atoms. The summed E-state index contributed by atoms with van der Waals surface area (Å²) in [5.41, 5.74) is 3.40. The number of nitrogens with one attached hydrogen (secondary N) is 1. The van der Waals surface area contributed by atoms with Crippen LogP contribution in [0.1, 0.15) is 39.4 Å². The van der Waals surface area contributed by atoms with Crippen molar-refractivity contribution in [2.75, 3.05) is 6.61 Å². The zero-order valence-corrected chi connectivity index (χ0v) is 10.7. The molecular formula is C12H15NO4S. The molecule has 1 amide bonds. The summed E-state index contributed by atoms with van der Waals surface area (Å²) in [6.07, 6.45) is 5.63. The van der Waals surface area contributed by atoms with Gasteiger partial charge in [0.05, 0.1) is 4.88 Å². The molecule has 98 valence electrons. The lowest BCUT2D eigenvalue weighted by Crippen LogP contribution is -2.25. The smallest absolute Gasteiger partial charge is 0.332 e. The predicted molar refractivity (Wildman–Crippen MR) is 66.6 cm³/mol. The highest BCUT2D eigenvalue weighted by Gasteiger charge is 2.16. The fourth-order valence-corrected chi connectivity index (χ4v) is 3.13. The third-order valence-corrected chi connectivity index (χ3v) is 4.07. The molecule has 2 rings (SSSR count). The van der Waals surface area contributed by atoms with Crippen LogP contribution in [0.15, 0.2) is 6.07 Å². The summed E-state index contributed by atoms with van der Waals surface area (Å²) >= 11 is 1.48. The molecule has 5 nitrogen and oxygen atoms in total. The highest BCUT2D eigenvalue weighted by atomic mass is 32.1. The van der Waals surface area contributed by atoms with E-state index < -0.39 is 12.6 Å².